The van der Waals surface area contributed by atoms with Crippen LogP contribution in [0.2, 0.25) is 0 Å². The highest BCUT2D eigenvalue weighted by Crippen LogP contribution is 2.36. The highest BCUT2D eigenvalue weighted by Gasteiger charge is 2.48. The lowest BCUT2D eigenvalue weighted by Crippen LogP contribution is -2.46. The zero-order chi connectivity index (χ0) is 19.8. The van der Waals surface area contributed by atoms with Crippen molar-refractivity contribution in [3.8, 4) is 11.4 Å². The van der Waals surface area contributed by atoms with Crippen LogP contribution in [0.4, 0.5) is 26.3 Å². The van der Waals surface area contributed by atoms with Crippen molar-refractivity contribution < 1.29 is 35.7 Å². The molecule has 2 heterocycles. The molecule has 1 amide bonds. The second-order valence-corrected chi connectivity index (χ2v) is 6.05. The lowest BCUT2D eigenvalue weighted by atomic mass is 9.96. The standard InChI is InChI=1S/C16H13F6N3O2/c17-15(18,19)10-5-2-1-4-9(10)13-23-12(27-24-13)8-25-7-3-6-11(14(25)26)16(20,21)22/h1-2,4-5,11H,3,6-8H2. The average Bonchev–Trinajstić information content (AvgIpc) is 3.03. The maximum absolute atomic E-state index is 13.1. The Morgan fingerprint density at radius 1 is 1.15 bits per heavy atom. The van der Waals surface area contributed by atoms with Crippen LogP contribution < -0.4 is 0 Å². The molecule has 0 radical (unpaired) electrons. The molecule has 1 saturated heterocycles. The van der Waals surface area contributed by atoms with Gasteiger partial charge in [-0.2, -0.15) is 31.3 Å². The largest absolute Gasteiger partial charge is 0.417 e. The Hall–Kier alpha value is -2.59. The average molecular weight is 393 g/mol. The van der Waals surface area contributed by atoms with Gasteiger partial charge in [-0.15, -0.1) is 0 Å². The van der Waals surface area contributed by atoms with Gasteiger partial charge in [0.05, 0.1) is 12.1 Å². The van der Waals surface area contributed by atoms with Crippen LogP contribution in [0.5, 0.6) is 0 Å². The molecule has 1 aliphatic rings. The lowest BCUT2D eigenvalue weighted by Gasteiger charge is -2.32. The van der Waals surface area contributed by atoms with Gasteiger partial charge in [-0.25, -0.2) is 0 Å². The molecule has 1 aromatic carbocycles. The van der Waals surface area contributed by atoms with Crippen molar-refractivity contribution in [2.75, 3.05) is 6.54 Å². The number of nitrogens with zero attached hydrogens (tertiary/aromatic N) is 3. The predicted octanol–water partition coefficient (Wildman–Crippen LogP) is 4.06. The van der Waals surface area contributed by atoms with E-state index < -0.39 is 36.3 Å². The number of piperidine rings is 1. The summed E-state index contributed by atoms with van der Waals surface area (Å²) >= 11 is 0. The zero-order valence-corrected chi connectivity index (χ0v) is 13.6. The molecule has 1 atom stereocenters. The van der Waals surface area contributed by atoms with Crippen molar-refractivity contribution in [3.63, 3.8) is 0 Å². The van der Waals surface area contributed by atoms with E-state index in [0.29, 0.717) is 0 Å². The third-order valence-corrected chi connectivity index (χ3v) is 4.19. The summed E-state index contributed by atoms with van der Waals surface area (Å²) in [7, 11) is 0. The Bertz CT molecular complexity index is 830. The summed E-state index contributed by atoms with van der Waals surface area (Å²) in [5.74, 6) is -3.79. The van der Waals surface area contributed by atoms with Gasteiger partial charge in [0, 0.05) is 12.1 Å². The minimum absolute atomic E-state index is 0.0717. The van der Waals surface area contributed by atoms with Crippen molar-refractivity contribution in [1.29, 1.82) is 0 Å². The Balaban J connectivity index is 1.81. The van der Waals surface area contributed by atoms with Gasteiger partial charge in [-0.3, -0.25) is 4.79 Å². The van der Waals surface area contributed by atoms with Crippen LogP contribution in [0.25, 0.3) is 11.4 Å². The van der Waals surface area contributed by atoms with Crippen LogP contribution >= 0.6 is 0 Å². The minimum Gasteiger partial charge on any atom is -0.337 e. The molecule has 5 nitrogen and oxygen atoms in total. The van der Waals surface area contributed by atoms with Gasteiger partial charge in [-0.05, 0) is 18.9 Å². The maximum Gasteiger partial charge on any atom is 0.417 e. The van der Waals surface area contributed by atoms with Crippen molar-refractivity contribution in [3.05, 3.63) is 35.7 Å². The van der Waals surface area contributed by atoms with Gasteiger partial charge in [0.1, 0.15) is 5.92 Å². The molecule has 1 fully saturated rings. The molecule has 27 heavy (non-hydrogen) atoms. The molecule has 146 valence electrons. The Labute approximate surface area is 149 Å². The van der Waals surface area contributed by atoms with Gasteiger partial charge >= 0.3 is 12.4 Å². The third-order valence-electron chi connectivity index (χ3n) is 4.19. The number of rotatable bonds is 3. The highest BCUT2D eigenvalue weighted by molar-refractivity contribution is 5.80. The van der Waals surface area contributed by atoms with E-state index in [2.05, 4.69) is 10.1 Å². The van der Waals surface area contributed by atoms with Gasteiger partial charge in [-0.1, -0.05) is 23.4 Å². The first-order valence-electron chi connectivity index (χ1n) is 7.92. The first kappa shape index (κ1) is 19.2. The number of amides is 1. The van der Waals surface area contributed by atoms with Crippen molar-refractivity contribution >= 4 is 5.91 Å². The van der Waals surface area contributed by atoms with E-state index >= 15 is 0 Å². The smallest absolute Gasteiger partial charge is 0.337 e. The topological polar surface area (TPSA) is 59.2 Å². The van der Waals surface area contributed by atoms with Crippen molar-refractivity contribution in [1.82, 2.24) is 15.0 Å². The third kappa shape index (κ3) is 4.06. The lowest BCUT2D eigenvalue weighted by molar-refractivity contribution is -0.195. The number of halogens is 6. The number of aromatic nitrogens is 2. The van der Waals surface area contributed by atoms with Crippen LogP contribution in [-0.4, -0.2) is 33.7 Å². The molecule has 0 spiro atoms. The molecule has 11 heteroatoms. The van der Waals surface area contributed by atoms with E-state index in [1.807, 2.05) is 0 Å². The SMILES string of the molecule is O=C1C(C(F)(F)F)CCCN1Cc1nc(-c2ccccc2C(F)(F)F)no1. The number of carbonyl (C=O) groups excluding carboxylic acids is 1. The molecule has 0 aliphatic carbocycles. The van der Waals surface area contributed by atoms with Crippen LogP contribution in [0.3, 0.4) is 0 Å². The molecule has 0 N–H and O–H groups in total. The fourth-order valence-electron chi connectivity index (χ4n) is 2.92. The van der Waals surface area contributed by atoms with Crippen molar-refractivity contribution in [2.24, 2.45) is 5.92 Å². The van der Waals surface area contributed by atoms with E-state index in [9.17, 15) is 31.1 Å². The molecule has 3 rings (SSSR count). The van der Waals surface area contributed by atoms with E-state index in [0.717, 1.165) is 17.0 Å². The Kier molecular flexibility index (Phi) is 4.87. The molecule has 0 bridgehead atoms. The minimum atomic E-state index is -4.65. The van der Waals surface area contributed by atoms with E-state index in [1.165, 1.54) is 12.1 Å². The summed E-state index contributed by atoms with van der Waals surface area (Å²) in [6, 6.07) is 4.58. The quantitative estimate of drug-likeness (QED) is 0.738. The van der Waals surface area contributed by atoms with Crippen LogP contribution in [-0.2, 0) is 17.5 Å². The molecule has 1 unspecified atom stereocenters. The van der Waals surface area contributed by atoms with Crippen LogP contribution in [0, 0.1) is 5.92 Å². The Morgan fingerprint density at radius 2 is 1.85 bits per heavy atom. The summed E-state index contributed by atoms with van der Waals surface area (Å²) in [5, 5.41) is 3.47. The monoisotopic (exact) mass is 393 g/mol. The number of hydrogen-bond donors (Lipinski definition) is 0. The van der Waals surface area contributed by atoms with E-state index in [4.69, 9.17) is 4.52 Å². The highest BCUT2D eigenvalue weighted by atomic mass is 19.4. The maximum atomic E-state index is 13.1. The Morgan fingerprint density at radius 3 is 2.52 bits per heavy atom. The molecule has 1 aromatic heterocycles. The predicted molar refractivity (Wildman–Crippen MR) is 78.9 cm³/mol. The van der Waals surface area contributed by atoms with Crippen LogP contribution in [0.1, 0.15) is 24.3 Å². The molecule has 1 aliphatic heterocycles. The summed E-state index contributed by atoms with van der Waals surface area (Å²) in [5.41, 5.74) is -1.29. The van der Waals surface area contributed by atoms with Gasteiger partial charge in [0.25, 0.3) is 0 Å². The number of likely N-dealkylation sites (tertiary alicyclic amines) is 1. The number of hydrogen-bond acceptors (Lipinski definition) is 4. The van der Waals surface area contributed by atoms with Gasteiger partial charge in [0.15, 0.2) is 0 Å². The first-order valence-corrected chi connectivity index (χ1v) is 7.92. The van der Waals surface area contributed by atoms with Gasteiger partial charge in [0.2, 0.25) is 17.6 Å². The van der Waals surface area contributed by atoms with E-state index in [1.54, 1.807) is 0 Å². The summed E-state index contributed by atoms with van der Waals surface area (Å²) < 4.78 is 82.7. The van der Waals surface area contributed by atoms with Gasteiger partial charge < -0.3 is 9.42 Å². The second kappa shape index (κ2) is 6.86. The first-order chi connectivity index (χ1) is 12.6. The molecular weight excluding hydrogens is 380 g/mol. The summed E-state index contributed by atoms with van der Waals surface area (Å²) in [6.45, 7) is -0.325. The van der Waals surface area contributed by atoms with Crippen molar-refractivity contribution in [2.45, 2.75) is 31.7 Å². The number of alkyl halides is 6. The summed E-state index contributed by atoms with van der Waals surface area (Å²) in [6.07, 6.45) is -9.44. The normalized spacial score (nSPS) is 18.8. The summed E-state index contributed by atoms with van der Waals surface area (Å²) in [4.78, 5) is 16.7. The second-order valence-electron chi connectivity index (χ2n) is 6.05. The fourth-order valence-corrected chi connectivity index (χ4v) is 2.92. The van der Waals surface area contributed by atoms with Crippen LogP contribution in [0.15, 0.2) is 28.8 Å². The zero-order valence-electron chi connectivity index (χ0n) is 13.6. The molecule has 2 aromatic rings. The number of benzene rings is 1. The number of carbonyl (C=O) groups is 1. The molecular formula is C16H13F6N3O2. The fraction of sp³-hybridized carbons (Fsp3) is 0.438. The molecule has 0 saturated carbocycles. The van der Waals surface area contributed by atoms with E-state index in [-0.39, 0.29) is 36.7 Å².